The maximum absolute atomic E-state index is 5.40. The summed E-state index contributed by atoms with van der Waals surface area (Å²) < 4.78 is 1.56. The van der Waals surface area contributed by atoms with Crippen molar-refractivity contribution in [1.29, 1.82) is 0 Å². The van der Waals surface area contributed by atoms with Gasteiger partial charge in [0.15, 0.2) is 0 Å². The van der Waals surface area contributed by atoms with Gasteiger partial charge in [-0.15, -0.1) is 0 Å². The summed E-state index contributed by atoms with van der Waals surface area (Å²) in [5, 5.41) is 4.11. The van der Waals surface area contributed by atoms with Gasteiger partial charge in [0.2, 0.25) is 11.9 Å². The third-order valence-corrected chi connectivity index (χ3v) is 2.67. The maximum atomic E-state index is 5.40. The Morgan fingerprint density at radius 3 is 2.60 bits per heavy atom. The van der Waals surface area contributed by atoms with E-state index in [0.717, 1.165) is 13.1 Å². The topological polar surface area (TPSA) is 101 Å². The lowest BCUT2D eigenvalue weighted by Gasteiger charge is -2.20. The minimum atomic E-state index is 0.303. The van der Waals surface area contributed by atoms with E-state index in [4.69, 9.17) is 5.84 Å². The largest absolute Gasteiger partial charge is 0.342 e. The van der Waals surface area contributed by atoms with Crippen LogP contribution in [0.5, 0.6) is 0 Å². The van der Waals surface area contributed by atoms with Crippen LogP contribution >= 0.6 is 0 Å². The van der Waals surface area contributed by atoms with E-state index in [0.29, 0.717) is 17.8 Å². The molecular weight excluding hydrogens is 258 g/mol. The van der Waals surface area contributed by atoms with Crippen LogP contribution in [-0.2, 0) is 0 Å². The Bertz CT molecular complexity index is 537. The maximum Gasteiger partial charge on any atom is 0.257 e. The fraction of sp³-hybridized carbons (Fsp3) is 0.455. The molecule has 0 aliphatic carbocycles. The van der Waals surface area contributed by atoms with Crippen molar-refractivity contribution < 1.29 is 0 Å². The molecule has 0 unspecified atom stereocenters. The van der Waals surface area contributed by atoms with Crippen LogP contribution < -0.4 is 16.2 Å². The second-order valence-corrected chi connectivity index (χ2v) is 4.58. The summed E-state index contributed by atoms with van der Waals surface area (Å²) in [6, 6.07) is 1.80. The number of anilines is 2. The molecule has 0 amide bonds. The van der Waals surface area contributed by atoms with Crippen LogP contribution in [0.2, 0.25) is 0 Å². The van der Waals surface area contributed by atoms with Crippen LogP contribution in [-0.4, -0.2) is 63.9 Å². The molecule has 2 aromatic rings. The van der Waals surface area contributed by atoms with Gasteiger partial charge in [-0.3, -0.25) is 5.43 Å². The smallest absolute Gasteiger partial charge is 0.257 e. The van der Waals surface area contributed by atoms with Crippen LogP contribution in [0.25, 0.3) is 5.95 Å². The second-order valence-electron chi connectivity index (χ2n) is 4.58. The highest BCUT2D eigenvalue weighted by Crippen LogP contribution is 2.11. The number of hydrogen-bond acceptors (Lipinski definition) is 8. The second kappa shape index (κ2) is 6.26. The summed E-state index contributed by atoms with van der Waals surface area (Å²) in [4.78, 5) is 16.8. The van der Waals surface area contributed by atoms with E-state index in [-0.39, 0.29) is 0 Å². The van der Waals surface area contributed by atoms with Gasteiger partial charge in [-0.25, -0.2) is 10.5 Å². The predicted octanol–water partition coefficient (Wildman–Crippen LogP) is -0.659. The molecule has 0 aliphatic heterocycles. The molecule has 0 aliphatic rings. The lowest BCUT2D eigenvalue weighted by molar-refractivity contribution is 0.415. The van der Waals surface area contributed by atoms with Crippen molar-refractivity contribution in [2.75, 3.05) is 44.6 Å². The first-order chi connectivity index (χ1) is 9.60. The number of hydrogen-bond donors (Lipinski definition) is 2. The Labute approximate surface area is 117 Å². The van der Waals surface area contributed by atoms with Crippen molar-refractivity contribution >= 4 is 11.9 Å². The van der Waals surface area contributed by atoms with E-state index in [2.05, 4.69) is 30.4 Å². The number of nitrogen functional groups attached to an aromatic ring is 1. The van der Waals surface area contributed by atoms with E-state index in [1.165, 1.54) is 0 Å². The lowest BCUT2D eigenvalue weighted by Crippen LogP contribution is -2.30. The first-order valence-electron chi connectivity index (χ1n) is 6.18. The summed E-state index contributed by atoms with van der Waals surface area (Å²) in [7, 11) is 5.96. The van der Waals surface area contributed by atoms with Crippen molar-refractivity contribution in [2.45, 2.75) is 0 Å². The number of likely N-dealkylation sites (N-methyl/N-ethyl adjacent to an activating group) is 2. The number of nitrogens with one attached hydrogen (secondary N) is 1. The van der Waals surface area contributed by atoms with E-state index >= 15 is 0 Å². The van der Waals surface area contributed by atoms with Crippen LogP contribution in [0.15, 0.2) is 18.5 Å². The summed E-state index contributed by atoms with van der Waals surface area (Å²) >= 11 is 0. The van der Waals surface area contributed by atoms with Gasteiger partial charge in [0.25, 0.3) is 5.95 Å². The molecule has 0 aromatic carbocycles. The van der Waals surface area contributed by atoms with Gasteiger partial charge in [-0.05, 0) is 20.2 Å². The Morgan fingerprint density at radius 2 is 2.00 bits per heavy atom. The number of rotatable bonds is 6. The fourth-order valence-corrected chi connectivity index (χ4v) is 1.53. The van der Waals surface area contributed by atoms with E-state index in [9.17, 15) is 0 Å². The molecule has 9 heteroatoms. The zero-order valence-corrected chi connectivity index (χ0v) is 11.9. The van der Waals surface area contributed by atoms with Crippen LogP contribution in [0.1, 0.15) is 0 Å². The third kappa shape index (κ3) is 3.39. The number of hydrazine groups is 1. The molecule has 0 spiro atoms. The highest BCUT2D eigenvalue weighted by molar-refractivity contribution is 5.38. The quantitative estimate of drug-likeness (QED) is 0.530. The average Bonchev–Trinajstić information content (AvgIpc) is 2.98. The zero-order valence-electron chi connectivity index (χ0n) is 11.9. The summed E-state index contributed by atoms with van der Waals surface area (Å²) in [6.07, 6.45) is 3.42. The van der Waals surface area contributed by atoms with Crippen molar-refractivity contribution in [2.24, 2.45) is 5.84 Å². The monoisotopic (exact) mass is 277 g/mol. The Morgan fingerprint density at radius 1 is 1.20 bits per heavy atom. The van der Waals surface area contributed by atoms with Gasteiger partial charge in [0.05, 0.1) is 0 Å². The molecule has 2 rings (SSSR count). The molecule has 3 N–H and O–H groups in total. The van der Waals surface area contributed by atoms with Gasteiger partial charge in [0.1, 0.15) is 0 Å². The van der Waals surface area contributed by atoms with Gasteiger partial charge in [-0.2, -0.15) is 20.1 Å². The lowest BCUT2D eigenvalue weighted by atomic mass is 10.5. The molecule has 0 atom stereocenters. The van der Waals surface area contributed by atoms with Gasteiger partial charge >= 0.3 is 0 Å². The molecule has 0 bridgehead atoms. The predicted molar refractivity (Wildman–Crippen MR) is 76.6 cm³/mol. The molecule has 20 heavy (non-hydrogen) atoms. The third-order valence-electron chi connectivity index (χ3n) is 2.67. The van der Waals surface area contributed by atoms with E-state index in [1.807, 2.05) is 26.0 Å². The molecule has 9 nitrogen and oxygen atoms in total. The molecule has 108 valence electrons. The normalized spacial score (nSPS) is 10.8. The Kier molecular flexibility index (Phi) is 4.43. The van der Waals surface area contributed by atoms with Crippen molar-refractivity contribution in [3.05, 3.63) is 18.5 Å². The molecule has 2 heterocycles. The number of aromatic nitrogens is 5. The summed E-state index contributed by atoms with van der Waals surface area (Å²) in [6.45, 7) is 1.68. The van der Waals surface area contributed by atoms with Gasteiger partial charge in [0, 0.05) is 32.5 Å². The van der Waals surface area contributed by atoms with E-state index < -0.39 is 0 Å². The van der Waals surface area contributed by atoms with Crippen molar-refractivity contribution in [3.8, 4) is 5.95 Å². The molecule has 0 saturated heterocycles. The Balaban J connectivity index is 2.26. The number of nitrogens with two attached hydrogens (primary N) is 1. The van der Waals surface area contributed by atoms with Crippen LogP contribution in [0.3, 0.4) is 0 Å². The highest BCUT2D eigenvalue weighted by Gasteiger charge is 2.11. The van der Waals surface area contributed by atoms with Gasteiger partial charge < -0.3 is 9.80 Å². The zero-order chi connectivity index (χ0) is 14.5. The summed E-state index contributed by atoms with van der Waals surface area (Å²) in [5.74, 6) is 6.67. The number of nitrogens with zero attached hydrogens (tertiary/aromatic N) is 7. The van der Waals surface area contributed by atoms with Crippen LogP contribution in [0.4, 0.5) is 11.9 Å². The summed E-state index contributed by atoms with van der Waals surface area (Å²) in [5.41, 5.74) is 2.45. The minimum absolute atomic E-state index is 0.303. The van der Waals surface area contributed by atoms with Crippen LogP contribution in [0, 0.1) is 0 Å². The average molecular weight is 277 g/mol. The van der Waals surface area contributed by atoms with E-state index in [1.54, 1.807) is 23.1 Å². The first-order valence-corrected chi connectivity index (χ1v) is 6.18. The van der Waals surface area contributed by atoms with Gasteiger partial charge in [-0.1, -0.05) is 0 Å². The first kappa shape index (κ1) is 14.2. The minimum Gasteiger partial charge on any atom is -0.342 e. The molecule has 2 aromatic heterocycles. The molecular formula is C11H19N9. The fourth-order valence-electron chi connectivity index (χ4n) is 1.53. The standard InChI is InChI=1S/C11H19N9/c1-18(2)7-8-19(3)10-14-9(17-12)15-11(16-10)20-6-4-5-13-20/h4-6H,7-8,12H2,1-3H3,(H,14,15,16,17). The van der Waals surface area contributed by atoms with Crippen molar-refractivity contribution in [3.63, 3.8) is 0 Å². The molecule has 0 radical (unpaired) electrons. The Hall–Kier alpha value is -2.26. The van der Waals surface area contributed by atoms with Crippen molar-refractivity contribution in [1.82, 2.24) is 29.6 Å². The SMILES string of the molecule is CN(C)CCN(C)c1nc(NN)nc(-n2cccn2)n1. The molecule has 0 saturated carbocycles. The molecule has 0 fully saturated rings. The highest BCUT2D eigenvalue weighted by atomic mass is 15.4.